The number of aromatic nitrogens is 2. The zero-order valence-electron chi connectivity index (χ0n) is 14.4. The molecule has 0 unspecified atom stereocenters. The van der Waals surface area contributed by atoms with Crippen LogP contribution in [0, 0.1) is 25.2 Å². The fraction of sp³-hybridized carbons (Fsp3) is 0.100. The normalized spacial score (nSPS) is 10.0. The number of hydrogen-bond donors (Lipinski definition) is 2. The highest BCUT2D eigenvalue weighted by Crippen LogP contribution is 2.21. The summed E-state index contributed by atoms with van der Waals surface area (Å²) in [4.78, 5) is 20.7. The Hall–Kier alpha value is -3.72. The van der Waals surface area contributed by atoms with Crippen molar-refractivity contribution < 1.29 is 4.79 Å². The van der Waals surface area contributed by atoms with E-state index in [1.807, 2.05) is 32.0 Å². The van der Waals surface area contributed by atoms with Crippen LogP contribution in [0.4, 0.5) is 17.2 Å². The van der Waals surface area contributed by atoms with Crippen LogP contribution in [0.25, 0.3) is 0 Å². The Balaban J connectivity index is 1.78. The molecule has 2 aromatic carbocycles. The third-order valence-corrected chi connectivity index (χ3v) is 3.91. The molecule has 6 heteroatoms. The van der Waals surface area contributed by atoms with Gasteiger partial charge in [-0.25, -0.2) is 9.97 Å². The van der Waals surface area contributed by atoms with E-state index in [1.54, 1.807) is 30.3 Å². The number of nitrogens with zero attached hydrogens (tertiary/aromatic N) is 3. The first-order chi connectivity index (χ1) is 12.6. The number of amides is 1. The predicted molar refractivity (Wildman–Crippen MR) is 100 cm³/mol. The Morgan fingerprint density at radius 1 is 1.04 bits per heavy atom. The van der Waals surface area contributed by atoms with Gasteiger partial charge in [0.2, 0.25) is 0 Å². The quantitative estimate of drug-likeness (QED) is 0.748. The predicted octanol–water partition coefficient (Wildman–Crippen LogP) is 3.96. The van der Waals surface area contributed by atoms with Gasteiger partial charge in [-0.1, -0.05) is 18.2 Å². The van der Waals surface area contributed by atoms with Crippen molar-refractivity contribution in [1.82, 2.24) is 9.97 Å². The highest BCUT2D eigenvalue weighted by atomic mass is 16.1. The molecule has 1 aromatic heterocycles. The highest BCUT2D eigenvalue weighted by molar-refractivity contribution is 6.04. The van der Waals surface area contributed by atoms with Gasteiger partial charge >= 0.3 is 0 Å². The number of hydrogen-bond acceptors (Lipinski definition) is 5. The maximum atomic E-state index is 12.5. The van der Waals surface area contributed by atoms with Gasteiger partial charge in [-0.3, -0.25) is 4.79 Å². The van der Waals surface area contributed by atoms with E-state index >= 15 is 0 Å². The smallest absolute Gasteiger partial charge is 0.274 e. The Kier molecular flexibility index (Phi) is 4.90. The highest BCUT2D eigenvalue weighted by Gasteiger charge is 2.12. The van der Waals surface area contributed by atoms with E-state index in [0.717, 1.165) is 22.5 Å². The molecule has 0 radical (unpaired) electrons. The number of anilines is 3. The number of aryl methyl sites for hydroxylation is 2. The van der Waals surface area contributed by atoms with Crippen molar-refractivity contribution in [3.63, 3.8) is 0 Å². The van der Waals surface area contributed by atoms with Crippen LogP contribution >= 0.6 is 0 Å². The molecule has 2 N–H and O–H groups in total. The van der Waals surface area contributed by atoms with E-state index < -0.39 is 0 Å². The van der Waals surface area contributed by atoms with Crippen molar-refractivity contribution in [1.29, 1.82) is 5.26 Å². The lowest BCUT2D eigenvalue weighted by Gasteiger charge is -2.11. The number of carbonyl (C=O) groups is 1. The molecule has 3 aromatic rings. The van der Waals surface area contributed by atoms with Crippen LogP contribution in [-0.4, -0.2) is 15.9 Å². The van der Waals surface area contributed by atoms with Crippen LogP contribution in [0.5, 0.6) is 0 Å². The molecule has 1 heterocycles. The number of nitrogens with one attached hydrogen (secondary N) is 2. The van der Waals surface area contributed by atoms with E-state index in [0.29, 0.717) is 11.4 Å². The molecule has 0 saturated carbocycles. The molecule has 0 aliphatic rings. The standard InChI is InChI=1S/C20H17N5O/c1-13-4-3-5-14(2)19(13)25-20(26)17-10-18(23-12-22-17)24-16-8-6-15(11-21)7-9-16/h3-10,12H,1-2H3,(H,25,26)(H,22,23,24). The van der Waals surface area contributed by atoms with Gasteiger partial charge in [0.15, 0.2) is 0 Å². The van der Waals surface area contributed by atoms with Crippen molar-refractivity contribution >= 4 is 23.1 Å². The van der Waals surface area contributed by atoms with Crippen molar-refractivity contribution in [2.75, 3.05) is 10.6 Å². The summed E-state index contributed by atoms with van der Waals surface area (Å²) in [6.45, 7) is 3.89. The van der Waals surface area contributed by atoms with Crippen LogP contribution in [0.3, 0.4) is 0 Å². The molecular weight excluding hydrogens is 326 g/mol. The molecule has 0 spiro atoms. The van der Waals surface area contributed by atoms with Gasteiger partial charge in [0.25, 0.3) is 5.91 Å². The third-order valence-electron chi connectivity index (χ3n) is 3.91. The lowest BCUT2D eigenvalue weighted by atomic mass is 10.1. The summed E-state index contributed by atoms with van der Waals surface area (Å²) in [5, 5.41) is 14.8. The van der Waals surface area contributed by atoms with Crippen molar-refractivity contribution in [2.24, 2.45) is 0 Å². The van der Waals surface area contributed by atoms with E-state index in [4.69, 9.17) is 5.26 Å². The number of benzene rings is 2. The first kappa shape index (κ1) is 17.1. The second kappa shape index (κ2) is 7.45. The molecule has 0 bridgehead atoms. The summed E-state index contributed by atoms with van der Waals surface area (Å²) >= 11 is 0. The lowest BCUT2D eigenvalue weighted by molar-refractivity contribution is 0.102. The zero-order chi connectivity index (χ0) is 18.5. The maximum absolute atomic E-state index is 12.5. The topological polar surface area (TPSA) is 90.7 Å². The maximum Gasteiger partial charge on any atom is 0.274 e. The number of carbonyl (C=O) groups excluding carboxylic acids is 1. The van der Waals surface area contributed by atoms with Gasteiger partial charge in [-0.05, 0) is 49.2 Å². The van der Waals surface area contributed by atoms with Crippen LogP contribution in [0.1, 0.15) is 27.2 Å². The van der Waals surface area contributed by atoms with Crippen LogP contribution in [-0.2, 0) is 0 Å². The molecule has 128 valence electrons. The van der Waals surface area contributed by atoms with Crippen molar-refractivity contribution in [3.8, 4) is 6.07 Å². The van der Waals surface area contributed by atoms with Crippen LogP contribution in [0.15, 0.2) is 54.9 Å². The lowest BCUT2D eigenvalue weighted by Crippen LogP contribution is -2.15. The number of para-hydroxylation sites is 1. The summed E-state index contributed by atoms with van der Waals surface area (Å²) < 4.78 is 0. The summed E-state index contributed by atoms with van der Waals surface area (Å²) in [5.74, 6) is 0.198. The minimum Gasteiger partial charge on any atom is -0.340 e. The molecule has 26 heavy (non-hydrogen) atoms. The summed E-state index contributed by atoms with van der Waals surface area (Å²) in [6, 6.07) is 16.5. The first-order valence-corrected chi connectivity index (χ1v) is 8.03. The Labute approximate surface area is 151 Å². The van der Waals surface area contributed by atoms with Gasteiger partial charge in [0, 0.05) is 17.4 Å². The molecule has 0 saturated heterocycles. The number of nitriles is 1. The minimum atomic E-state index is -0.298. The average molecular weight is 343 g/mol. The minimum absolute atomic E-state index is 0.263. The fourth-order valence-electron chi connectivity index (χ4n) is 2.52. The summed E-state index contributed by atoms with van der Waals surface area (Å²) in [7, 11) is 0. The van der Waals surface area contributed by atoms with E-state index in [2.05, 4.69) is 26.7 Å². The van der Waals surface area contributed by atoms with Crippen molar-refractivity contribution in [2.45, 2.75) is 13.8 Å². The molecule has 0 aliphatic carbocycles. The molecule has 1 amide bonds. The van der Waals surface area contributed by atoms with Crippen molar-refractivity contribution in [3.05, 3.63) is 77.2 Å². The van der Waals surface area contributed by atoms with E-state index in [9.17, 15) is 4.79 Å². The molecule has 3 rings (SSSR count). The Morgan fingerprint density at radius 3 is 2.38 bits per heavy atom. The Morgan fingerprint density at radius 2 is 1.73 bits per heavy atom. The molecule has 0 atom stereocenters. The largest absolute Gasteiger partial charge is 0.340 e. The molecular formula is C20H17N5O. The fourth-order valence-corrected chi connectivity index (χ4v) is 2.52. The second-order valence-electron chi connectivity index (χ2n) is 5.82. The van der Waals surface area contributed by atoms with Crippen LogP contribution in [0.2, 0.25) is 0 Å². The first-order valence-electron chi connectivity index (χ1n) is 8.03. The molecule has 0 aliphatic heterocycles. The molecule has 0 fully saturated rings. The van der Waals surface area contributed by atoms with Gasteiger partial charge < -0.3 is 10.6 Å². The van der Waals surface area contributed by atoms with Gasteiger partial charge in [0.05, 0.1) is 11.6 Å². The van der Waals surface area contributed by atoms with Crippen LogP contribution < -0.4 is 10.6 Å². The van der Waals surface area contributed by atoms with Gasteiger partial charge in [-0.15, -0.1) is 0 Å². The number of rotatable bonds is 4. The van der Waals surface area contributed by atoms with Gasteiger partial charge in [0.1, 0.15) is 17.8 Å². The Bertz CT molecular complexity index is 970. The molecule has 6 nitrogen and oxygen atoms in total. The SMILES string of the molecule is Cc1cccc(C)c1NC(=O)c1cc(Nc2ccc(C#N)cc2)ncn1. The van der Waals surface area contributed by atoms with E-state index in [1.165, 1.54) is 6.33 Å². The zero-order valence-corrected chi connectivity index (χ0v) is 14.4. The average Bonchev–Trinajstić information content (AvgIpc) is 2.65. The summed E-state index contributed by atoms with van der Waals surface area (Å²) in [5.41, 5.74) is 4.37. The second-order valence-corrected chi connectivity index (χ2v) is 5.82. The van der Waals surface area contributed by atoms with Gasteiger partial charge in [-0.2, -0.15) is 5.26 Å². The monoisotopic (exact) mass is 343 g/mol. The third kappa shape index (κ3) is 3.84. The van der Waals surface area contributed by atoms with E-state index in [-0.39, 0.29) is 11.6 Å². The summed E-state index contributed by atoms with van der Waals surface area (Å²) in [6.07, 6.45) is 1.34.